The summed E-state index contributed by atoms with van der Waals surface area (Å²) in [7, 11) is -2.04. The Morgan fingerprint density at radius 1 is 1.00 bits per heavy atom. The standard InChI is InChI=1S/C20H24N2O4S/c1-15-8-9-16(2)19(14-15)27(24,25)22-12-10-21(11-13-22)20(23)17-6-4-5-7-18(17)26-3/h4-9,14H,10-13H2,1-3H3. The molecule has 0 aliphatic carbocycles. The molecule has 6 nitrogen and oxygen atoms in total. The van der Waals surface area contributed by atoms with Crippen LogP contribution < -0.4 is 4.74 Å². The number of carbonyl (C=O) groups excluding carboxylic acids is 1. The molecule has 7 heteroatoms. The van der Waals surface area contributed by atoms with Gasteiger partial charge >= 0.3 is 0 Å². The molecule has 0 atom stereocenters. The average Bonchev–Trinajstić information content (AvgIpc) is 2.69. The third-order valence-corrected chi connectivity index (χ3v) is 6.87. The highest BCUT2D eigenvalue weighted by Crippen LogP contribution is 2.24. The number of ether oxygens (including phenoxy) is 1. The van der Waals surface area contributed by atoms with Gasteiger partial charge in [0.15, 0.2) is 0 Å². The van der Waals surface area contributed by atoms with E-state index in [9.17, 15) is 13.2 Å². The summed E-state index contributed by atoms with van der Waals surface area (Å²) < 4.78 is 32.7. The number of hydrogen-bond donors (Lipinski definition) is 0. The van der Waals surface area contributed by atoms with Gasteiger partial charge in [0.25, 0.3) is 5.91 Å². The monoisotopic (exact) mass is 388 g/mol. The molecule has 0 radical (unpaired) electrons. The van der Waals surface area contributed by atoms with E-state index in [0.29, 0.717) is 29.3 Å². The molecule has 0 aromatic heterocycles. The van der Waals surface area contributed by atoms with Crippen molar-refractivity contribution < 1.29 is 17.9 Å². The number of sulfonamides is 1. The van der Waals surface area contributed by atoms with Gasteiger partial charge in [0.2, 0.25) is 10.0 Å². The number of hydrogen-bond acceptors (Lipinski definition) is 4. The van der Waals surface area contributed by atoms with Crippen molar-refractivity contribution in [3.8, 4) is 5.75 Å². The van der Waals surface area contributed by atoms with Gasteiger partial charge < -0.3 is 9.64 Å². The Labute approximate surface area is 160 Å². The maximum absolute atomic E-state index is 13.0. The molecule has 0 unspecified atom stereocenters. The zero-order valence-corrected chi connectivity index (χ0v) is 16.6. The molecule has 0 saturated carbocycles. The molecule has 1 aliphatic heterocycles. The molecule has 144 valence electrons. The molecule has 1 fully saturated rings. The summed E-state index contributed by atoms with van der Waals surface area (Å²) in [4.78, 5) is 14.8. The quantitative estimate of drug-likeness (QED) is 0.807. The van der Waals surface area contributed by atoms with Crippen molar-refractivity contribution in [2.24, 2.45) is 0 Å². The first kappa shape index (κ1) is 19.4. The SMILES string of the molecule is COc1ccccc1C(=O)N1CCN(S(=O)(=O)c2cc(C)ccc2C)CC1. The fourth-order valence-corrected chi connectivity index (χ4v) is 4.98. The smallest absolute Gasteiger partial charge is 0.257 e. The molecule has 27 heavy (non-hydrogen) atoms. The Morgan fingerprint density at radius 2 is 1.67 bits per heavy atom. The minimum Gasteiger partial charge on any atom is -0.496 e. The van der Waals surface area contributed by atoms with Crippen LogP contribution in [0.1, 0.15) is 21.5 Å². The van der Waals surface area contributed by atoms with Crippen LogP contribution in [0.4, 0.5) is 0 Å². The first-order valence-electron chi connectivity index (χ1n) is 8.84. The number of amides is 1. The number of benzene rings is 2. The lowest BCUT2D eigenvalue weighted by molar-refractivity contribution is 0.0694. The minimum atomic E-state index is -3.57. The van der Waals surface area contributed by atoms with E-state index in [1.54, 1.807) is 36.1 Å². The van der Waals surface area contributed by atoms with Crippen molar-refractivity contribution in [3.63, 3.8) is 0 Å². The first-order valence-corrected chi connectivity index (χ1v) is 10.3. The van der Waals surface area contributed by atoms with E-state index < -0.39 is 10.0 Å². The molecule has 3 rings (SSSR count). The second-order valence-corrected chi connectivity index (χ2v) is 8.57. The molecular weight excluding hydrogens is 364 g/mol. The predicted molar refractivity (Wildman–Crippen MR) is 104 cm³/mol. The van der Waals surface area contributed by atoms with Crippen LogP contribution in [0.15, 0.2) is 47.4 Å². The van der Waals surface area contributed by atoms with E-state index in [2.05, 4.69) is 0 Å². The predicted octanol–water partition coefficient (Wildman–Crippen LogP) is 2.46. The Kier molecular flexibility index (Phi) is 5.53. The molecule has 0 spiro atoms. The molecule has 1 amide bonds. The van der Waals surface area contributed by atoms with E-state index in [-0.39, 0.29) is 19.0 Å². The molecule has 0 N–H and O–H groups in total. The summed E-state index contributed by atoms with van der Waals surface area (Å²) in [6.45, 7) is 4.92. The Morgan fingerprint density at radius 3 is 2.33 bits per heavy atom. The van der Waals surface area contributed by atoms with Crippen LogP contribution in [0.5, 0.6) is 5.75 Å². The topological polar surface area (TPSA) is 66.9 Å². The zero-order chi connectivity index (χ0) is 19.6. The number of rotatable bonds is 4. The van der Waals surface area contributed by atoms with Crippen LogP contribution in [0, 0.1) is 13.8 Å². The second kappa shape index (κ2) is 7.70. The van der Waals surface area contributed by atoms with Crippen LogP contribution in [-0.4, -0.2) is 56.8 Å². The van der Waals surface area contributed by atoms with Gasteiger partial charge in [0, 0.05) is 26.2 Å². The van der Waals surface area contributed by atoms with Crippen molar-refractivity contribution in [1.29, 1.82) is 0 Å². The summed E-state index contributed by atoms with van der Waals surface area (Å²) in [6, 6.07) is 12.5. The van der Waals surface area contributed by atoms with Crippen LogP contribution in [-0.2, 0) is 10.0 Å². The van der Waals surface area contributed by atoms with Gasteiger partial charge in [0.05, 0.1) is 17.6 Å². The lowest BCUT2D eigenvalue weighted by Crippen LogP contribution is -2.50. The van der Waals surface area contributed by atoms with Gasteiger partial charge in [-0.05, 0) is 43.2 Å². The van der Waals surface area contributed by atoms with Crippen LogP contribution in [0.2, 0.25) is 0 Å². The number of piperazine rings is 1. The van der Waals surface area contributed by atoms with Gasteiger partial charge in [-0.25, -0.2) is 8.42 Å². The molecule has 2 aromatic carbocycles. The summed E-state index contributed by atoms with van der Waals surface area (Å²) in [5.41, 5.74) is 2.13. The summed E-state index contributed by atoms with van der Waals surface area (Å²) in [5.74, 6) is 0.379. The molecule has 2 aromatic rings. The van der Waals surface area contributed by atoms with Crippen molar-refractivity contribution >= 4 is 15.9 Å². The number of methoxy groups -OCH3 is 1. The number of aryl methyl sites for hydroxylation is 2. The number of carbonyl (C=O) groups is 1. The van der Waals surface area contributed by atoms with E-state index in [0.717, 1.165) is 11.1 Å². The minimum absolute atomic E-state index is 0.142. The van der Waals surface area contributed by atoms with Gasteiger partial charge in [-0.15, -0.1) is 0 Å². The lowest BCUT2D eigenvalue weighted by atomic mass is 10.1. The van der Waals surface area contributed by atoms with Gasteiger partial charge in [-0.1, -0.05) is 24.3 Å². The highest BCUT2D eigenvalue weighted by molar-refractivity contribution is 7.89. The highest BCUT2D eigenvalue weighted by atomic mass is 32.2. The van der Waals surface area contributed by atoms with Crippen LogP contribution in [0.3, 0.4) is 0 Å². The highest BCUT2D eigenvalue weighted by Gasteiger charge is 2.32. The maximum Gasteiger partial charge on any atom is 0.257 e. The summed E-state index contributed by atoms with van der Waals surface area (Å²) in [6.07, 6.45) is 0. The van der Waals surface area contributed by atoms with Crippen molar-refractivity contribution in [3.05, 3.63) is 59.2 Å². The Bertz CT molecular complexity index is 948. The normalized spacial score (nSPS) is 15.6. The lowest BCUT2D eigenvalue weighted by Gasteiger charge is -2.34. The zero-order valence-electron chi connectivity index (χ0n) is 15.8. The van der Waals surface area contributed by atoms with E-state index in [4.69, 9.17) is 4.74 Å². The van der Waals surface area contributed by atoms with Crippen molar-refractivity contribution in [2.45, 2.75) is 18.7 Å². The fraction of sp³-hybridized carbons (Fsp3) is 0.350. The number of para-hydroxylation sites is 1. The average molecular weight is 388 g/mol. The van der Waals surface area contributed by atoms with Gasteiger partial charge in [-0.2, -0.15) is 4.31 Å². The maximum atomic E-state index is 13.0. The van der Waals surface area contributed by atoms with Crippen molar-refractivity contribution in [2.75, 3.05) is 33.3 Å². The van der Waals surface area contributed by atoms with Gasteiger partial charge in [0.1, 0.15) is 5.75 Å². The second-order valence-electron chi connectivity index (χ2n) is 6.67. The third-order valence-electron chi connectivity index (χ3n) is 4.82. The number of nitrogens with zero attached hydrogens (tertiary/aromatic N) is 2. The molecular formula is C20H24N2O4S. The Balaban J connectivity index is 1.75. The largest absolute Gasteiger partial charge is 0.496 e. The van der Waals surface area contributed by atoms with Crippen LogP contribution >= 0.6 is 0 Å². The molecule has 1 saturated heterocycles. The molecule has 1 heterocycles. The van der Waals surface area contributed by atoms with Crippen molar-refractivity contribution in [1.82, 2.24) is 9.21 Å². The molecule has 1 aliphatic rings. The first-order chi connectivity index (χ1) is 12.8. The molecule has 0 bridgehead atoms. The van der Waals surface area contributed by atoms with E-state index in [1.807, 2.05) is 25.1 Å². The summed E-state index contributed by atoms with van der Waals surface area (Å²) >= 11 is 0. The Hall–Kier alpha value is -2.38. The van der Waals surface area contributed by atoms with E-state index in [1.165, 1.54) is 11.4 Å². The third kappa shape index (κ3) is 3.84. The van der Waals surface area contributed by atoms with Crippen LogP contribution in [0.25, 0.3) is 0 Å². The summed E-state index contributed by atoms with van der Waals surface area (Å²) in [5, 5.41) is 0. The fourth-order valence-electron chi connectivity index (χ4n) is 3.25. The van der Waals surface area contributed by atoms with Gasteiger partial charge in [-0.3, -0.25) is 4.79 Å². The van der Waals surface area contributed by atoms with E-state index >= 15 is 0 Å².